The average molecular weight is 782 g/mol. The number of fused-ring (bicyclic) bond motifs is 15. The van der Waals surface area contributed by atoms with Crippen LogP contribution in [0.1, 0.15) is 80.2 Å². The molecule has 12 heteroatoms. The zero-order valence-corrected chi connectivity index (χ0v) is 35.1. The van der Waals surface area contributed by atoms with Crippen molar-refractivity contribution in [2.24, 2.45) is 17.8 Å². The first-order valence-corrected chi connectivity index (χ1v) is 20.4. The summed E-state index contributed by atoms with van der Waals surface area (Å²) in [7, 11) is 3.85. The quantitative estimate of drug-likeness (QED) is 0.319. The molecule has 1 aromatic heterocycles. The number of para-hydroxylation sites is 1. The monoisotopic (exact) mass is 781 g/mol. The van der Waals surface area contributed by atoms with E-state index in [2.05, 4.69) is 35.0 Å². The molecule has 2 aromatic rings. The first-order valence-electron chi connectivity index (χ1n) is 20.4. The molecule has 312 valence electrons. The topological polar surface area (TPSA) is 143 Å². The lowest BCUT2D eigenvalue weighted by atomic mass is 9.77. The number of aliphatic hydroxyl groups is 3. The summed E-state index contributed by atoms with van der Waals surface area (Å²) in [6.45, 7) is 16.4. The van der Waals surface area contributed by atoms with E-state index >= 15 is 0 Å². The highest BCUT2D eigenvalue weighted by Crippen LogP contribution is 2.39. The van der Waals surface area contributed by atoms with Crippen molar-refractivity contribution in [2.45, 2.75) is 141 Å². The summed E-state index contributed by atoms with van der Waals surface area (Å²) in [5, 5.41) is 37.0. The van der Waals surface area contributed by atoms with E-state index in [4.69, 9.17) is 23.7 Å². The molecule has 14 atom stereocenters. The van der Waals surface area contributed by atoms with Crippen LogP contribution >= 0.6 is 0 Å². The predicted octanol–water partition coefficient (Wildman–Crippen LogP) is 5.18. The second-order valence-corrected chi connectivity index (χ2v) is 17.2. The van der Waals surface area contributed by atoms with Crippen molar-refractivity contribution in [3.8, 4) is 0 Å². The van der Waals surface area contributed by atoms with E-state index in [1.807, 2.05) is 84.1 Å². The van der Waals surface area contributed by atoms with E-state index < -0.39 is 65.8 Å². The number of hydrogen-bond acceptors (Lipinski definition) is 12. The van der Waals surface area contributed by atoms with Gasteiger partial charge in [-0.3, -0.25) is 14.7 Å². The Morgan fingerprint density at radius 1 is 1.09 bits per heavy atom. The minimum Gasteiger partial charge on any atom is -0.493 e. The first kappa shape index (κ1) is 44.2. The molecule has 0 spiro atoms. The number of nitrogens with zero attached hydrogens (tertiary/aromatic N) is 3. The molecule has 3 N–H and O–H groups in total. The highest BCUT2D eigenvalue weighted by molar-refractivity contribution is 5.80. The summed E-state index contributed by atoms with van der Waals surface area (Å²) >= 11 is 0. The molecule has 2 saturated heterocycles. The summed E-state index contributed by atoms with van der Waals surface area (Å²) in [6.07, 6.45) is 4.75. The molecule has 0 amide bonds. The number of aromatic nitrogens is 1. The summed E-state index contributed by atoms with van der Waals surface area (Å²) in [6, 6.07) is 9.55. The molecule has 0 aliphatic carbocycles. The van der Waals surface area contributed by atoms with Gasteiger partial charge in [0.05, 0.1) is 48.2 Å². The molecule has 12 nitrogen and oxygen atoms in total. The number of likely N-dealkylation sites (N-methyl/N-ethyl adjacent to an activating group) is 1. The van der Waals surface area contributed by atoms with Crippen molar-refractivity contribution in [3.63, 3.8) is 0 Å². The number of pyridine rings is 1. The van der Waals surface area contributed by atoms with Crippen molar-refractivity contribution >= 4 is 22.9 Å². The number of aliphatic hydroxyl groups excluding tert-OH is 2. The Labute approximate surface area is 333 Å². The second kappa shape index (κ2) is 18.8. The van der Waals surface area contributed by atoms with Crippen molar-refractivity contribution in [1.29, 1.82) is 0 Å². The third-order valence-corrected chi connectivity index (χ3v) is 12.3. The maximum atomic E-state index is 13.9. The molecule has 2 unspecified atom stereocenters. The van der Waals surface area contributed by atoms with Gasteiger partial charge in [0.15, 0.2) is 6.29 Å². The fourth-order valence-electron chi connectivity index (χ4n) is 9.12. The number of benzene rings is 1. The van der Waals surface area contributed by atoms with Crippen LogP contribution in [0.5, 0.6) is 0 Å². The standard InChI is InChI=1S/C44H67N3O9/c1-11-36-44(8,51)40-31(6)47(19-14-16-32-23-33-17-12-13-18-34(33)45-25-32)26-27(2)24-43(7,53-21-15-20-52-40)39(29(4)37(48)30(5)41(50)55-36)56-42-38(49)35(46(9)10)22-28(3)54-42/h12-18,20,23,25,27-31,35-40,42,48-49,51H,11,19,21-22,24,26H2,1-10H3/b16-14+,20-15+/t27-,28-,29+,30?,31-,35+,36-,37?,38-,39-,40-,42+,43-,44-/m1/s1. The van der Waals surface area contributed by atoms with Gasteiger partial charge >= 0.3 is 5.97 Å². The van der Waals surface area contributed by atoms with Gasteiger partial charge in [-0.2, -0.15) is 0 Å². The van der Waals surface area contributed by atoms with Crippen LogP contribution in [0.3, 0.4) is 0 Å². The molecular formula is C44H67N3O9. The van der Waals surface area contributed by atoms with Gasteiger partial charge in [-0.1, -0.05) is 51.1 Å². The normalized spacial score (nSPS) is 40.3. The Kier molecular flexibility index (Phi) is 14.8. The predicted molar refractivity (Wildman–Crippen MR) is 216 cm³/mol. The summed E-state index contributed by atoms with van der Waals surface area (Å²) in [4.78, 5) is 22.8. The highest BCUT2D eigenvalue weighted by Gasteiger charge is 2.51. The van der Waals surface area contributed by atoms with Gasteiger partial charge in [0.25, 0.3) is 0 Å². The van der Waals surface area contributed by atoms with Gasteiger partial charge in [0, 0.05) is 42.7 Å². The van der Waals surface area contributed by atoms with Crippen LogP contribution in [0, 0.1) is 17.8 Å². The molecule has 0 radical (unpaired) electrons. The van der Waals surface area contributed by atoms with E-state index in [9.17, 15) is 20.1 Å². The maximum absolute atomic E-state index is 13.9. The highest BCUT2D eigenvalue weighted by atomic mass is 16.7. The summed E-state index contributed by atoms with van der Waals surface area (Å²) in [5.74, 6) is -2.31. The fraction of sp³-hybridized carbons (Fsp3) is 0.682. The molecule has 2 fully saturated rings. The minimum absolute atomic E-state index is 0.00400. The van der Waals surface area contributed by atoms with E-state index in [1.165, 1.54) is 0 Å². The Bertz CT molecular complexity index is 1650. The summed E-state index contributed by atoms with van der Waals surface area (Å²) in [5.41, 5.74) is -0.764. The van der Waals surface area contributed by atoms with Crippen LogP contribution in [0.4, 0.5) is 0 Å². The molecule has 4 aliphatic rings. The molecule has 5 heterocycles. The number of ether oxygens (including phenoxy) is 5. The third kappa shape index (κ3) is 10.0. The lowest BCUT2D eigenvalue weighted by Crippen LogP contribution is -2.60. The fourth-order valence-corrected chi connectivity index (χ4v) is 9.12. The third-order valence-electron chi connectivity index (χ3n) is 12.3. The lowest BCUT2D eigenvalue weighted by molar-refractivity contribution is -0.303. The van der Waals surface area contributed by atoms with Gasteiger partial charge in [-0.25, -0.2) is 0 Å². The Hall–Kier alpha value is -2.94. The summed E-state index contributed by atoms with van der Waals surface area (Å²) < 4.78 is 32.4. The van der Waals surface area contributed by atoms with Crippen LogP contribution in [0.15, 0.2) is 54.9 Å². The molecule has 4 aliphatic heterocycles. The Morgan fingerprint density at radius 3 is 2.54 bits per heavy atom. The number of rotatable bonds is 7. The SMILES string of the molecule is CC[C@H]1OC(=O)C(C)C(O)[C@H](C)[C@@H](O[C@@H]2O[C@H](C)C[C@H](N(C)C)[C@H]2O)[C@@]2(C)C[C@@H](C)CN(C/C=C/c3cnc4ccccc4c3)[C@H](C)[C@@H](O/C=C/CO2)[C@]1(C)O. The van der Waals surface area contributed by atoms with Gasteiger partial charge in [-0.05, 0) is 97.7 Å². The van der Waals surface area contributed by atoms with Crippen LogP contribution in [0.25, 0.3) is 17.0 Å². The molecule has 6 rings (SSSR count). The number of esters is 1. The van der Waals surface area contributed by atoms with Crippen molar-refractivity contribution in [1.82, 2.24) is 14.8 Å². The van der Waals surface area contributed by atoms with Gasteiger partial charge in [0.1, 0.15) is 23.9 Å². The van der Waals surface area contributed by atoms with Gasteiger partial charge in [0.2, 0.25) is 0 Å². The number of hydrogen-bond donors (Lipinski definition) is 3. The van der Waals surface area contributed by atoms with Crippen molar-refractivity contribution in [2.75, 3.05) is 33.8 Å². The van der Waals surface area contributed by atoms with E-state index in [-0.39, 0.29) is 30.7 Å². The van der Waals surface area contributed by atoms with Crippen LogP contribution in [0.2, 0.25) is 0 Å². The average Bonchev–Trinajstić information content (AvgIpc) is 3.15. The van der Waals surface area contributed by atoms with Crippen LogP contribution in [-0.2, 0) is 28.5 Å². The lowest BCUT2D eigenvalue weighted by Gasteiger charge is -2.48. The van der Waals surface area contributed by atoms with E-state index in [0.29, 0.717) is 32.4 Å². The molecule has 0 saturated carbocycles. The van der Waals surface area contributed by atoms with Crippen molar-refractivity contribution in [3.05, 3.63) is 60.5 Å². The van der Waals surface area contributed by atoms with E-state index in [1.54, 1.807) is 26.2 Å². The Morgan fingerprint density at radius 2 is 1.82 bits per heavy atom. The van der Waals surface area contributed by atoms with Gasteiger partial charge in [-0.15, -0.1) is 0 Å². The minimum atomic E-state index is -1.63. The van der Waals surface area contributed by atoms with Crippen molar-refractivity contribution < 1.29 is 43.8 Å². The largest absolute Gasteiger partial charge is 0.493 e. The molecular weight excluding hydrogens is 714 g/mol. The zero-order valence-electron chi connectivity index (χ0n) is 35.1. The Balaban J connectivity index is 1.58. The molecule has 1 aromatic carbocycles. The number of carbonyl (C=O) groups excluding carboxylic acids is 1. The van der Waals surface area contributed by atoms with Crippen LogP contribution in [-0.4, -0.2) is 136 Å². The maximum Gasteiger partial charge on any atom is 0.311 e. The van der Waals surface area contributed by atoms with E-state index in [0.717, 1.165) is 16.5 Å². The molecule has 2 bridgehead atoms. The van der Waals surface area contributed by atoms with Gasteiger partial charge < -0.3 is 43.9 Å². The zero-order chi connectivity index (χ0) is 40.9. The molecule has 56 heavy (non-hydrogen) atoms. The smallest absolute Gasteiger partial charge is 0.311 e. The first-order chi connectivity index (χ1) is 26.5. The second-order valence-electron chi connectivity index (χ2n) is 17.2. The van der Waals surface area contributed by atoms with Crippen LogP contribution < -0.4 is 0 Å². The number of carbonyl (C=O) groups is 1.